The fourth-order valence-corrected chi connectivity index (χ4v) is 2.65. The number of nitrogens with zero attached hydrogens (tertiary/aromatic N) is 2. The van der Waals surface area contributed by atoms with Gasteiger partial charge in [-0.2, -0.15) is 0 Å². The van der Waals surface area contributed by atoms with Crippen molar-refractivity contribution in [2.75, 3.05) is 11.9 Å². The lowest BCUT2D eigenvalue weighted by Gasteiger charge is -2.15. The van der Waals surface area contributed by atoms with Crippen LogP contribution in [0.5, 0.6) is 0 Å². The van der Waals surface area contributed by atoms with Gasteiger partial charge in [0.2, 0.25) is 5.95 Å². The third-order valence-corrected chi connectivity index (χ3v) is 3.60. The summed E-state index contributed by atoms with van der Waals surface area (Å²) in [5, 5.41) is 3.32. The molecule has 2 aromatic rings. The lowest BCUT2D eigenvalue weighted by molar-refractivity contribution is 0.618. The summed E-state index contributed by atoms with van der Waals surface area (Å²) < 4.78 is 3.26. The Balaban J connectivity index is 2.12. The highest BCUT2D eigenvalue weighted by Crippen LogP contribution is 2.32. The topological polar surface area (TPSA) is 29.9 Å². The Bertz CT molecular complexity index is 504. The minimum absolute atomic E-state index is 0.969. The predicted octanol–water partition coefficient (Wildman–Crippen LogP) is 3.13. The second-order valence-electron chi connectivity index (χ2n) is 3.87. The van der Waals surface area contributed by atoms with Crippen molar-refractivity contribution in [3.63, 3.8) is 0 Å². The molecule has 0 saturated heterocycles. The molecule has 1 aromatic carbocycles. The SMILES string of the molecule is Brc1c(-c2ccccc2)nc2n1CCCN2. The highest BCUT2D eigenvalue weighted by molar-refractivity contribution is 9.10. The standard InChI is InChI=1S/C12H12BrN3/c13-11-10(9-5-2-1-3-6-9)15-12-14-7-4-8-16(11)12/h1-3,5-6H,4,7-8H2,(H,14,15). The van der Waals surface area contributed by atoms with E-state index in [9.17, 15) is 0 Å². The minimum Gasteiger partial charge on any atom is -0.356 e. The molecular weight excluding hydrogens is 266 g/mol. The third-order valence-electron chi connectivity index (χ3n) is 2.79. The number of benzene rings is 1. The van der Waals surface area contributed by atoms with E-state index in [-0.39, 0.29) is 0 Å². The first-order valence-electron chi connectivity index (χ1n) is 5.41. The Morgan fingerprint density at radius 3 is 2.81 bits per heavy atom. The Hall–Kier alpha value is -1.29. The molecule has 1 aromatic heterocycles. The zero-order valence-corrected chi connectivity index (χ0v) is 10.4. The van der Waals surface area contributed by atoms with Crippen LogP contribution in [0.15, 0.2) is 34.9 Å². The van der Waals surface area contributed by atoms with Gasteiger partial charge < -0.3 is 9.88 Å². The summed E-state index contributed by atoms with van der Waals surface area (Å²) in [6.07, 6.45) is 1.15. The number of rotatable bonds is 1. The molecule has 3 rings (SSSR count). The number of hydrogen-bond donors (Lipinski definition) is 1. The Labute approximate surface area is 103 Å². The van der Waals surface area contributed by atoms with Gasteiger partial charge in [0.1, 0.15) is 10.3 Å². The second-order valence-corrected chi connectivity index (χ2v) is 4.62. The van der Waals surface area contributed by atoms with Gasteiger partial charge in [0, 0.05) is 18.7 Å². The van der Waals surface area contributed by atoms with Gasteiger partial charge in [-0.3, -0.25) is 0 Å². The smallest absolute Gasteiger partial charge is 0.204 e. The van der Waals surface area contributed by atoms with Crippen molar-refractivity contribution in [2.24, 2.45) is 0 Å². The molecule has 0 amide bonds. The maximum atomic E-state index is 4.63. The minimum atomic E-state index is 0.969. The lowest BCUT2D eigenvalue weighted by Crippen LogP contribution is -2.17. The molecule has 0 saturated carbocycles. The van der Waals surface area contributed by atoms with E-state index in [1.54, 1.807) is 0 Å². The average molecular weight is 278 g/mol. The van der Waals surface area contributed by atoms with Gasteiger partial charge in [-0.25, -0.2) is 4.98 Å². The van der Waals surface area contributed by atoms with Gasteiger partial charge >= 0.3 is 0 Å². The first-order chi connectivity index (χ1) is 7.86. The van der Waals surface area contributed by atoms with Crippen molar-refractivity contribution >= 4 is 21.9 Å². The highest BCUT2D eigenvalue weighted by Gasteiger charge is 2.18. The summed E-state index contributed by atoms with van der Waals surface area (Å²) in [5.74, 6) is 0.969. The molecule has 1 N–H and O–H groups in total. The molecule has 0 atom stereocenters. The van der Waals surface area contributed by atoms with Crippen LogP contribution in [0.3, 0.4) is 0 Å². The molecular formula is C12H12BrN3. The van der Waals surface area contributed by atoms with Gasteiger partial charge in [-0.15, -0.1) is 0 Å². The van der Waals surface area contributed by atoms with E-state index in [1.807, 2.05) is 18.2 Å². The zero-order chi connectivity index (χ0) is 11.0. The van der Waals surface area contributed by atoms with Gasteiger partial charge in [0.05, 0.1) is 0 Å². The van der Waals surface area contributed by atoms with Crippen LogP contribution in [0.2, 0.25) is 0 Å². The van der Waals surface area contributed by atoms with Crippen LogP contribution in [-0.2, 0) is 6.54 Å². The molecule has 4 heteroatoms. The zero-order valence-electron chi connectivity index (χ0n) is 8.78. The third kappa shape index (κ3) is 1.53. The number of halogens is 1. The molecule has 0 aliphatic carbocycles. The number of aromatic nitrogens is 2. The molecule has 0 unspecified atom stereocenters. The summed E-state index contributed by atoms with van der Waals surface area (Å²) in [6.45, 7) is 2.04. The summed E-state index contributed by atoms with van der Waals surface area (Å²) in [6, 6.07) is 10.3. The normalized spacial score (nSPS) is 14.3. The number of nitrogens with one attached hydrogen (secondary N) is 1. The van der Waals surface area contributed by atoms with Crippen LogP contribution in [0.4, 0.5) is 5.95 Å². The highest BCUT2D eigenvalue weighted by atomic mass is 79.9. The van der Waals surface area contributed by atoms with Gasteiger partial charge in [0.25, 0.3) is 0 Å². The van der Waals surface area contributed by atoms with Gasteiger partial charge in [0.15, 0.2) is 0 Å². The predicted molar refractivity (Wildman–Crippen MR) is 68.5 cm³/mol. The molecule has 82 valence electrons. The fraction of sp³-hybridized carbons (Fsp3) is 0.250. The average Bonchev–Trinajstić information content (AvgIpc) is 2.69. The van der Waals surface area contributed by atoms with Gasteiger partial charge in [-0.1, -0.05) is 30.3 Å². The van der Waals surface area contributed by atoms with Crippen molar-refractivity contribution in [3.05, 3.63) is 34.9 Å². The van der Waals surface area contributed by atoms with Crippen LogP contribution in [0.25, 0.3) is 11.3 Å². The second kappa shape index (κ2) is 3.94. The van der Waals surface area contributed by atoms with Crippen molar-refractivity contribution in [3.8, 4) is 11.3 Å². The molecule has 1 aliphatic rings. The van der Waals surface area contributed by atoms with Crippen molar-refractivity contribution in [1.29, 1.82) is 0 Å². The summed E-state index contributed by atoms with van der Waals surface area (Å²) in [4.78, 5) is 4.63. The van der Waals surface area contributed by atoms with Crippen LogP contribution in [-0.4, -0.2) is 16.1 Å². The molecule has 1 aliphatic heterocycles. The molecule has 0 fully saturated rings. The van der Waals surface area contributed by atoms with Crippen molar-refractivity contribution in [1.82, 2.24) is 9.55 Å². The molecule has 3 nitrogen and oxygen atoms in total. The maximum Gasteiger partial charge on any atom is 0.204 e. The first-order valence-corrected chi connectivity index (χ1v) is 6.21. The summed E-state index contributed by atoms with van der Waals surface area (Å²) in [5.41, 5.74) is 2.17. The van der Waals surface area contributed by atoms with Crippen LogP contribution in [0, 0.1) is 0 Å². The molecule has 0 radical (unpaired) electrons. The Kier molecular flexibility index (Phi) is 2.44. The van der Waals surface area contributed by atoms with E-state index in [0.717, 1.165) is 41.3 Å². The lowest BCUT2D eigenvalue weighted by atomic mass is 10.2. The molecule has 0 bridgehead atoms. The largest absolute Gasteiger partial charge is 0.356 e. The summed E-state index contributed by atoms with van der Waals surface area (Å²) in [7, 11) is 0. The Morgan fingerprint density at radius 2 is 2.06 bits per heavy atom. The maximum absolute atomic E-state index is 4.63. The van der Waals surface area contributed by atoms with Crippen molar-refractivity contribution in [2.45, 2.75) is 13.0 Å². The van der Waals surface area contributed by atoms with E-state index in [2.05, 4.69) is 42.9 Å². The van der Waals surface area contributed by atoms with E-state index in [1.165, 1.54) is 0 Å². The van der Waals surface area contributed by atoms with E-state index < -0.39 is 0 Å². The van der Waals surface area contributed by atoms with E-state index in [4.69, 9.17) is 0 Å². The van der Waals surface area contributed by atoms with Crippen LogP contribution in [0.1, 0.15) is 6.42 Å². The number of imidazole rings is 1. The van der Waals surface area contributed by atoms with Crippen LogP contribution < -0.4 is 5.32 Å². The monoisotopic (exact) mass is 277 g/mol. The van der Waals surface area contributed by atoms with Gasteiger partial charge in [-0.05, 0) is 22.4 Å². The van der Waals surface area contributed by atoms with Crippen molar-refractivity contribution < 1.29 is 0 Å². The van der Waals surface area contributed by atoms with E-state index in [0.29, 0.717) is 0 Å². The van der Waals surface area contributed by atoms with Crippen LogP contribution >= 0.6 is 15.9 Å². The quantitative estimate of drug-likeness (QED) is 0.868. The summed E-state index contributed by atoms with van der Waals surface area (Å²) >= 11 is 3.63. The number of hydrogen-bond acceptors (Lipinski definition) is 2. The Morgan fingerprint density at radius 1 is 1.25 bits per heavy atom. The fourth-order valence-electron chi connectivity index (χ4n) is 1.99. The molecule has 2 heterocycles. The number of fused-ring (bicyclic) bond motifs is 1. The number of anilines is 1. The van der Waals surface area contributed by atoms with E-state index >= 15 is 0 Å². The first kappa shape index (κ1) is 9.90. The molecule has 16 heavy (non-hydrogen) atoms. The molecule has 0 spiro atoms.